The number of hydrogen-bond acceptors (Lipinski definition) is 4. The zero-order chi connectivity index (χ0) is 21.9. The molecular formula is C25H22N4O2S. The van der Waals surface area contributed by atoms with Crippen LogP contribution in [-0.2, 0) is 10.5 Å². The van der Waals surface area contributed by atoms with E-state index in [2.05, 4.69) is 20.6 Å². The normalized spacial score (nSPS) is 13.1. The van der Waals surface area contributed by atoms with Gasteiger partial charge in [-0.05, 0) is 60.9 Å². The molecule has 2 amide bonds. The number of aromatic nitrogens is 2. The Balaban J connectivity index is 1.24. The zero-order valence-corrected chi connectivity index (χ0v) is 18.1. The van der Waals surface area contributed by atoms with E-state index in [1.807, 2.05) is 48.5 Å². The summed E-state index contributed by atoms with van der Waals surface area (Å²) in [5.74, 6) is 0.678. The second-order valence-electron chi connectivity index (χ2n) is 7.80. The molecule has 3 N–H and O–H groups in total. The molecule has 0 aliphatic heterocycles. The van der Waals surface area contributed by atoms with Crippen LogP contribution < -0.4 is 10.6 Å². The van der Waals surface area contributed by atoms with Crippen molar-refractivity contribution < 1.29 is 9.59 Å². The van der Waals surface area contributed by atoms with E-state index in [9.17, 15) is 9.59 Å². The maximum atomic E-state index is 12.9. The highest BCUT2D eigenvalue weighted by molar-refractivity contribution is 7.98. The van der Waals surface area contributed by atoms with Crippen LogP contribution in [0.25, 0.3) is 11.0 Å². The van der Waals surface area contributed by atoms with Gasteiger partial charge in [0, 0.05) is 28.6 Å². The predicted octanol–water partition coefficient (Wildman–Crippen LogP) is 5.46. The molecule has 160 valence electrons. The number of carbonyl (C=O) groups excluding carboxylic acids is 2. The van der Waals surface area contributed by atoms with E-state index in [0.29, 0.717) is 17.0 Å². The molecule has 6 nitrogen and oxygen atoms in total. The van der Waals surface area contributed by atoms with Crippen LogP contribution in [0.15, 0.2) is 78.0 Å². The van der Waals surface area contributed by atoms with Gasteiger partial charge in [-0.3, -0.25) is 9.59 Å². The standard InChI is InChI=1S/C25H22N4O2S/c30-23(16-9-10-16)26-18-11-13-19(14-12-18)27-24(31)20-6-2-1-5-17(20)15-32-25-28-21-7-3-4-8-22(21)29-25/h1-8,11-14,16H,9-10,15H2,(H,26,30)(H,27,31)(H,28,29). The molecule has 0 spiro atoms. The van der Waals surface area contributed by atoms with Crippen LogP contribution in [0.5, 0.6) is 0 Å². The van der Waals surface area contributed by atoms with Crippen molar-refractivity contribution in [1.29, 1.82) is 0 Å². The fourth-order valence-corrected chi connectivity index (χ4v) is 4.33. The highest BCUT2D eigenvalue weighted by Gasteiger charge is 2.29. The number of fused-ring (bicyclic) bond motifs is 1. The van der Waals surface area contributed by atoms with Crippen LogP contribution in [0.4, 0.5) is 11.4 Å². The van der Waals surface area contributed by atoms with Crippen molar-refractivity contribution in [3.8, 4) is 0 Å². The van der Waals surface area contributed by atoms with E-state index in [1.165, 1.54) is 0 Å². The average molecular weight is 443 g/mol. The quantitative estimate of drug-likeness (QED) is 0.332. The third-order valence-electron chi connectivity index (χ3n) is 5.35. The molecule has 32 heavy (non-hydrogen) atoms. The average Bonchev–Trinajstić information content (AvgIpc) is 3.58. The monoisotopic (exact) mass is 442 g/mol. The summed E-state index contributed by atoms with van der Waals surface area (Å²) in [5.41, 5.74) is 4.91. The van der Waals surface area contributed by atoms with Crippen LogP contribution in [0.1, 0.15) is 28.8 Å². The van der Waals surface area contributed by atoms with Crippen molar-refractivity contribution in [2.24, 2.45) is 5.92 Å². The van der Waals surface area contributed by atoms with Gasteiger partial charge < -0.3 is 15.6 Å². The molecule has 1 heterocycles. The first-order valence-electron chi connectivity index (χ1n) is 10.5. The van der Waals surface area contributed by atoms with E-state index in [1.54, 1.807) is 36.0 Å². The Morgan fingerprint density at radius 1 is 0.906 bits per heavy atom. The van der Waals surface area contributed by atoms with Crippen molar-refractivity contribution in [1.82, 2.24) is 9.97 Å². The van der Waals surface area contributed by atoms with Crippen LogP contribution in [0.3, 0.4) is 0 Å². The number of thioether (sulfide) groups is 1. The third-order valence-corrected chi connectivity index (χ3v) is 6.27. The minimum absolute atomic E-state index is 0.0673. The van der Waals surface area contributed by atoms with Gasteiger partial charge in [0.25, 0.3) is 5.91 Å². The first-order chi connectivity index (χ1) is 15.7. The molecule has 1 aromatic heterocycles. The van der Waals surface area contributed by atoms with E-state index in [-0.39, 0.29) is 17.7 Å². The second-order valence-corrected chi connectivity index (χ2v) is 8.76. The number of hydrogen-bond donors (Lipinski definition) is 3. The molecule has 0 saturated heterocycles. The lowest BCUT2D eigenvalue weighted by atomic mass is 10.1. The van der Waals surface area contributed by atoms with Gasteiger partial charge in [0.2, 0.25) is 5.91 Å². The summed E-state index contributed by atoms with van der Waals surface area (Å²) in [6.45, 7) is 0. The summed E-state index contributed by atoms with van der Waals surface area (Å²) in [6.07, 6.45) is 1.93. The van der Waals surface area contributed by atoms with Crippen molar-refractivity contribution in [2.45, 2.75) is 23.8 Å². The Labute approximate surface area is 189 Å². The van der Waals surface area contributed by atoms with Gasteiger partial charge in [0.1, 0.15) is 0 Å². The number of aromatic amines is 1. The number of H-pyrrole nitrogens is 1. The van der Waals surface area contributed by atoms with Crippen molar-refractivity contribution in [2.75, 3.05) is 10.6 Å². The van der Waals surface area contributed by atoms with Crippen molar-refractivity contribution >= 4 is 46.0 Å². The Morgan fingerprint density at radius 3 is 2.34 bits per heavy atom. The summed E-state index contributed by atoms with van der Waals surface area (Å²) in [4.78, 5) is 32.7. The topological polar surface area (TPSA) is 86.9 Å². The predicted molar refractivity (Wildman–Crippen MR) is 128 cm³/mol. The fourth-order valence-electron chi connectivity index (χ4n) is 3.44. The van der Waals surface area contributed by atoms with E-state index >= 15 is 0 Å². The first kappa shape index (κ1) is 20.3. The first-order valence-corrected chi connectivity index (χ1v) is 11.5. The molecule has 1 saturated carbocycles. The molecule has 1 fully saturated rings. The number of amides is 2. The minimum Gasteiger partial charge on any atom is -0.333 e. The van der Waals surface area contributed by atoms with Crippen LogP contribution in [0.2, 0.25) is 0 Å². The number of imidazole rings is 1. The smallest absolute Gasteiger partial charge is 0.255 e. The molecule has 1 aliphatic carbocycles. The summed E-state index contributed by atoms with van der Waals surface area (Å²) in [7, 11) is 0. The lowest BCUT2D eigenvalue weighted by Crippen LogP contribution is -2.15. The highest BCUT2D eigenvalue weighted by Crippen LogP contribution is 2.30. The van der Waals surface area contributed by atoms with Gasteiger partial charge in [0.15, 0.2) is 5.16 Å². The van der Waals surface area contributed by atoms with Crippen molar-refractivity contribution in [3.05, 3.63) is 83.9 Å². The number of nitrogens with zero attached hydrogens (tertiary/aromatic N) is 1. The summed E-state index contributed by atoms with van der Waals surface area (Å²) < 4.78 is 0. The molecule has 0 unspecified atom stereocenters. The molecule has 0 bridgehead atoms. The van der Waals surface area contributed by atoms with E-state index in [4.69, 9.17) is 0 Å². The van der Waals surface area contributed by atoms with Gasteiger partial charge >= 0.3 is 0 Å². The van der Waals surface area contributed by atoms with Crippen molar-refractivity contribution in [3.63, 3.8) is 0 Å². The third kappa shape index (κ3) is 4.68. The Morgan fingerprint density at radius 2 is 1.59 bits per heavy atom. The lowest BCUT2D eigenvalue weighted by Gasteiger charge is -2.10. The highest BCUT2D eigenvalue weighted by atomic mass is 32.2. The van der Waals surface area contributed by atoms with Gasteiger partial charge in [-0.15, -0.1) is 0 Å². The zero-order valence-electron chi connectivity index (χ0n) is 17.3. The maximum absolute atomic E-state index is 12.9. The molecule has 4 aromatic rings. The van der Waals surface area contributed by atoms with Crippen LogP contribution in [0, 0.1) is 5.92 Å². The molecular weight excluding hydrogens is 420 g/mol. The van der Waals surface area contributed by atoms with Gasteiger partial charge in [0.05, 0.1) is 11.0 Å². The summed E-state index contributed by atoms with van der Waals surface area (Å²) >= 11 is 1.57. The summed E-state index contributed by atoms with van der Waals surface area (Å²) in [5, 5.41) is 6.68. The van der Waals surface area contributed by atoms with Crippen LogP contribution >= 0.6 is 11.8 Å². The molecule has 1 aliphatic rings. The number of benzene rings is 3. The summed E-state index contributed by atoms with van der Waals surface area (Å²) in [6, 6.07) is 22.7. The van der Waals surface area contributed by atoms with Gasteiger partial charge in [-0.2, -0.15) is 0 Å². The number of carbonyl (C=O) groups is 2. The Hall–Kier alpha value is -3.58. The van der Waals surface area contributed by atoms with Gasteiger partial charge in [-0.25, -0.2) is 4.98 Å². The lowest BCUT2D eigenvalue weighted by molar-refractivity contribution is -0.117. The second kappa shape index (κ2) is 8.88. The molecule has 0 radical (unpaired) electrons. The van der Waals surface area contributed by atoms with E-state index < -0.39 is 0 Å². The van der Waals surface area contributed by atoms with E-state index in [0.717, 1.165) is 40.3 Å². The molecule has 3 aromatic carbocycles. The van der Waals surface area contributed by atoms with Gasteiger partial charge in [-0.1, -0.05) is 42.1 Å². The minimum atomic E-state index is -0.166. The molecule has 0 atom stereocenters. The Kier molecular flexibility index (Phi) is 5.64. The largest absolute Gasteiger partial charge is 0.333 e. The van der Waals surface area contributed by atoms with Crippen LogP contribution in [-0.4, -0.2) is 21.8 Å². The number of anilines is 2. The number of nitrogens with one attached hydrogen (secondary N) is 3. The molecule has 5 rings (SSSR count). The number of rotatable bonds is 7. The SMILES string of the molecule is O=C(Nc1ccc(NC(=O)C2CC2)cc1)c1ccccc1CSc1nc2ccccc2[nH]1. The number of para-hydroxylation sites is 2. The molecule has 7 heteroatoms. The Bertz CT molecular complexity index is 1250. The fraction of sp³-hybridized carbons (Fsp3) is 0.160. The maximum Gasteiger partial charge on any atom is 0.255 e.